The molecule has 0 fully saturated rings. The Morgan fingerprint density at radius 2 is 2.06 bits per heavy atom. The first-order valence-corrected chi connectivity index (χ1v) is 5.37. The minimum absolute atomic E-state index is 0.000185. The predicted molar refractivity (Wildman–Crippen MR) is 61.1 cm³/mol. The fraction of sp³-hybridized carbons (Fsp3) is 0.500. The summed E-state index contributed by atoms with van der Waals surface area (Å²) in [6.07, 6.45) is 4.22. The molecule has 90 valence electrons. The van der Waals surface area contributed by atoms with E-state index in [1.54, 1.807) is 19.4 Å². The molecule has 0 saturated heterocycles. The second-order valence-electron chi connectivity index (χ2n) is 3.86. The first-order valence-electron chi connectivity index (χ1n) is 5.37. The zero-order valence-corrected chi connectivity index (χ0v) is 10.1. The molecule has 0 aliphatic heterocycles. The second kappa shape index (κ2) is 4.96. The molecule has 0 aromatic carbocycles. The zero-order valence-electron chi connectivity index (χ0n) is 10.1. The summed E-state index contributed by atoms with van der Waals surface area (Å²) < 4.78 is 0. The molecule has 2 aromatic heterocycles. The Morgan fingerprint density at radius 3 is 2.59 bits per heavy atom. The molecule has 0 saturated carbocycles. The molecule has 2 aromatic rings. The first kappa shape index (κ1) is 11.6. The maximum Gasteiger partial charge on any atom is 0.176 e. The molecule has 2 rings (SSSR count). The van der Waals surface area contributed by atoms with Crippen molar-refractivity contribution in [3.63, 3.8) is 0 Å². The molecule has 0 aliphatic rings. The smallest absolute Gasteiger partial charge is 0.176 e. The zero-order chi connectivity index (χ0) is 12.3. The number of hydrogen-bond donors (Lipinski definition) is 1. The monoisotopic (exact) mass is 233 g/mol. The molecule has 17 heavy (non-hydrogen) atoms. The third-order valence-corrected chi connectivity index (χ3v) is 2.40. The van der Waals surface area contributed by atoms with Gasteiger partial charge in [0.05, 0.1) is 13.1 Å². The van der Waals surface area contributed by atoms with Crippen molar-refractivity contribution in [2.45, 2.75) is 19.4 Å². The highest BCUT2D eigenvalue weighted by Gasteiger charge is 2.15. The number of rotatable bonds is 4. The summed E-state index contributed by atoms with van der Waals surface area (Å²) in [7, 11) is 3.61. The maximum absolute atomic E-state index is 4.30. The summed E-state index contributed by atoms with van der Waals surface area (Å²) >= 11 is 0. The molecule has 7 nitrogen and oxygen atoms in total. The van der Waals surface area contributed by atoms with Crippen molar-refractivity contribution >= 4 is 0 Å². The van der Waals surface area contributed by atoms with Gasteiger partial charge in [0, 0.05) is 18.8 Å². The van der Waals surface area contributed by atoms with E-state index in [4.69, 9.17) is 0 Å². The van der Waals surface area contributed by atoms with E-state index in [1.807, 2.05) is 14.0 Å². The summed E-state index contributed by atoms with van der Waals surface area (Å²) in [6.45, 7) is 1.96. The molecule has 0 spiro atoms. The lowest BCUT2D eigenvalue weighted by Crippen LogP contribution is -2.22. The topological polar surface area (TPSA) is 81.4 Å². The van der Waals surface area contributed by atoms with Crippen LogP contribution >= 0.6 is 0 Å². The molecule has 2 heterocycles. The van der Waals surface area contributed by atoms with Gasteiger partial charge in [-0.3, -0.25) is 0 Å². The number of tetrazole rings is 1. The van der Waals surface area contributed by atoms with E-state index in [0.717, 1.165) is 11.4 Å². The normalized spacial score (nSPS) is 12.6. The molecule has 7 heteroatoms. The Kier molecular flexibility index (Phi) is 3.38. The van der Waals surface area contributed by atoms with Crippen molar-refractivity contribution < 1.29 is 0 Å². The van der Waals surface area contributed by atoms with Crippen LogP contribution in [-0.2, 0) is 13.5 Å². The molecular formula is C10H15N7. The fourth-order valence-electron chi connectivity index (χ4n) is 1.49. The van der Waals surface area contributed by atoms with Crippen LogP contribution in [0, 0.1) is 6.92 Å². The van der Waals surface area contributed by atoms with Crippen molar-refractivity contribution in [1.29, 1.82) is 0 Å². The number of hydrogen-bond acceptors (Lipinski definition) is 6. The number of nitrogens with zero attached hydrogens (tertiary/aromatic N) is 6. The molecule has 1 N–H and O–H groups in total. The average Bonchev–Trinajstić information content (AvgIpc) is 2.73. The SMILES string of the molecule is CNC(Cc1nnn(C)n1)c1ncc(C)cn1. The van der Waals surface area contributed by atoms with Gasteiger partial charge in [-0.05, 0) is 24.7 Å². The number of aromatic nitrogens is 6. The van der Waals surface area contributed by atoms with Gasteiger partial charge < -0.3 is 5.32 Å². The highest BCUT2D eigenvalue weighted by Crippen LogP contribution is 2.11. The van der Waals surface area contributed by atoms with E-state index in [1.165, 1.54) is 4.80 Å². The summed E-state index contributed by atoms with van der Waals surface area (Å²) in [5.74, 6) is 1.42. The van der Waals surface area contributed by atoms with Crippen LogP contribution in [0.3, 0.4) is 0 Å². The van der Waals surface area contributed by atoms with Gasteiger partial charge in [-0.1, -0.05) is 0 Å². The Bertz CT molecular complexity index is 476. The molecule has 1 unspecified atom stereocenters. The molecule has 0 bridgehead atoms. The van der Waals surface area contributed by atoms with Gasteiger partial charge in [0.15, 0.2) is 5.82 Å². The Labute approximate surface area is 99.3 Å². The standard InChI is InChI=1S/C10H15N7/c1-7-5-12-10(13-6-7)8(11-2)4-9-14-16-17(3)15-9/h5-6,8,11H,4H2,1-3H3. The van der Waals surface area contributed by atoms with E-state index in [0.29, 0.717) is 12.2 Å². The van der Waals surface area contributed by atoms with Gasteiger partial charge in [-0.2, -0.15) is 4.80 Å². The van der Waals surface area contributed by atoms with Crippen LogP contribution in [0.2, 0.25) is 0 Å². The lowest BCUT2D eigenvalue weighted by molar-refractivity contribution is 0.540. The molecular weight excluding hydrogens is 218 g/mol. The fourth-order valence-corrected chi connectivity index (χ4v) is 1.49. The van der Waals surface area contributed by atoms with Gasteiger partial charge in [-0.25, -0.2) is 9.97 Å². The van der Waals surface area contributed by atoms with Crippen molar-refractivity contribution in [2.75, 3.05) is 7.05 Å². The van der Waals surface area contributed by atoms with E-state index >= 15 is 0 Å². The first-order chi connectivity index (χ1) is 8.19. The van der Waals surface area contributed by atoms with Crippen molar-refractivity contribution in [1.82, 2.24) is 35.5 Å². The molecule has 1 atom stereocenters. The van der Waals surface area contributed by atoms with E-state index in [2.05, 4.69) is 30.7 Å². The predicted octanol–water partition coefficient (Wildman–Crippen LogP) is -0.188. The highest BCUT2D eigenvalue weighted by atomic mass is 15.6. The van der Waals surface area contributed by atoms with Crippen LogP contribution in [0.25, 0.3) is 0 Å². The summed E-state index contributed by atoms with van der Waals surface area (Å²) in [4.78, 5) is 10.0. The minimum Gasteiger partial charge on any atom is -0.310 e. The van der Waals surface area contributed by atoms with Crippen molar-refractivity contribution in [2.24, 2.45) is 7.05 Å². The number of likely N-dealkylation sites (N-methyl/N-ethyl adjacent to an activating group) is 1. The number of aryl methyl sites for hydroxylation is 2. The maximum atomic E-state index is 4.30. The van der Waals surface area contributed by atoms with Gasteiger partial charge >= 0.3 is 0 Å². The van der Waals surface area contributed by atoms with Gasteiger partial charge in [0.2, 0.25) is 0 Å². The van der Waals surface area contributed by atoms with Crippen molar-refractivity contribution in [3.05, 3.63) is 29.6 Å². The summed E-state index contributed by atoms with van der Waals surface area (Å²) in [5, 5.41) is 15.0. The average molecular weight is 233 g/mol. The molecule has 0 amide bonds. The Morgan fingerprint density at radius 1 is 1.35 bits per heavy atom. The van der Waals surface area contributed by atoms with E-state index < -0.39 is 0 Å². The lowest BCUT2D eigenvalue weighted by atomic mass is 10.2. The lowest BCUT2D eigenvalue weighted by Gasteiger charge is -2.12. The van der Waals surface area contributed by atoms with Crippen LogP contribution in [0.15, 0.2) is 12.4 Å². The quantitative estimate of drug-likeness (QED) is 0.788. The second-order valence-corrected chi connectivity index (χ2v) is 3.86. The number of nitrogens with one attached hydrogen (secondary N) is 1. The van der Waals surface area contributed by atoms with E-state index in [9.17, 15) is 0 Å². The van der Waals surface area contributed by atoms with Crippen LogP contribution in [-0.4, -0.2) is 37.2 Å². The van der Waals surface area contributed by atoms with Crippen LogP contribution in [0.1, 0.15) is 23.3 Å². The minimum atomic E-state index is -0.000185. The van der Waals surface area contributed by atoms with E-state index in [-0.39, 0.29) is 6.04 Å². The molecule has 0 aliphatic carbocycles. The Hall–Kier alpha value is -1.89. The van der Waals surface area contributed by atoms with Crippen LogP contribution in [0.4, 0.5) is 0 Å². The van der Waals surface area contributed by atoms with Crippen molar-refractivity contribution in [3.8, 4) is 0 Å². The third kappa shape index (κ3) is 2.82. The van der Waals surface area contributed by atoms with Crippen LogP contribution < -0.4 is 5.32 Å². The Balaban J connectivity index is 2.13. The summed E-state index contributed by atoms with van der Waals surface area (Å²) in [5.41, 5.74) is 1.04. The largest absolute Gasteiger partial charge is 0.310 e. The van der Waals surface area contributed by atoms with Crippen LogP contribution in [0.5, 0.6) is 0 Å². The van der Waals surface area contributed by atoms with Gasteiger partial charge in [-0.15, -0.1) is 10.2 Å². The third-order valence-electron chi connectivity index (χ3n) is 2.40. The van der Waals surface area contributed by atoms with Gasteiger partial charge in [0.25, 0.3) is 0 Å². The highest BCUT2D eigenvalue weighted by molar-refractivity contribution is 5.05. The summed E-state index contributed by atoms with van der Waals surface area (Å²) in [6, 6.07) is -0.000185. The van der Waals surface area contributed by atoms with Gasteiger partial charge in [0.1, 0.15) is 5.82 Å². The molecule has 0 radical (unpaired) electrons.